The first-order valence-electron chi connectivity index (χ1n) is 17.0. The Morgan fingerprint density at radius 1 is 0.630 bits per heavy atom. The van der Waals surface area contributed by atoms with Gasteiger partial charge in [0.05, 0.1) is 6.61 Å². The largest absolute Gasteiger partial charge is 0.493 e. The molecule has 0 spiro atoms. The van der Waals surface area contributed by atoms with Crippen LogP contribution in [0.2, 0.25) is 0 Å². The molecule has 0 saturated heterocycles. The van der Waals surface area contributed by atoms with E-state index in [1.807, 2.05) is 0 Å². The van der Waals surface area contributed by atoms with Crippen LogP contribution in [0.4, 0.5) is 0 Å². The average molecular weight is 659 g/mol. The number of benzene rings is 3. The molecule has 4 aliphatic carbocycles. The van der Waals surface area contributed by atoms with Crippen LogP contribution in [0.25, 0.3) is 0 Å². The molecule has 0 aliphatic heterocycles. The number of fused-ring (bicyclic) bond motifs is 4. The normalized spacial score (nSPS) is 25.6. The van der Waals surface area contributed by atoms with Crippen LogP contribution >= 0.6 is 15.5 Å². The van der Waals surface area contributed by atoms with Gasteiger partial charge in [0.15, 0.2) is 0 Å². The summed E-state index contributed by atoms with van der Waals surface area (Å²) in [5.74, 6) is 5.48. The molecule has 3 aromatic rings. The van der Waals surface area contributed by atoms with Gasteiger partial charge in [-0.05, 0) is 110 Å². The molecule has 0 heterocycles. The second-order valence-corrected chi connectivity index (χ2v) is 17.4. The number of rotatable bonds is 14. The predicted molar refractivity (Wildman–Crippen MR) is 190 cm³/mol. The molecule has 7 rings (SSSR count). The van der Waals surface area contributed by atoms with E-state index in [1.165, 1.54) is 41.6 Å². The van der Waals surface area contributed by atoms with E-state index >= 15 is 0 Å². The maximum absolute atomic E-state index is 10.6. The second-order valence-electron chi connectivity index (χ2n) is 13.4. The number of ether oxygens (including phenoxy) is 2. The first-order valence-corrected chi connectivity index (χ1v) is 20.2. The first kappa shape index (κ1) is 33.4. The molecule has 46 heavy (non-hydrogen) atoms. The van der Waals surface area contributed by atoms with Crippen molar-refractivity contribution in [3.05, 3.63) is 109 Å². The van der Waals surface area contributed by atoms with Crippen molar-refractivity contribution in [1.29, 1.82) is 0 Å². The van der Waals surface area contributed by atoms with E-state index in [0.717, 1.165) is 62.1 Å². The van der Waals surface area contributed by atoms with Crippen molar-refractivity contribution >= 4 is 31.4 Å². The van der Waals surface area contributed by atoms with E-state index in [9.17, 15) is 4.57 Å². The summed E-state index contributed by atoms with van der Waals surface area (Å²) in [7, 11) is -4.34. The van der Waals surface area contributed by atoms with E-state index in [1.54, 1.807) is 0 Å². The van der Waals surface area contributed by atoms with Crippen LogP contribution in [0.3, 0.4) is 0 Å². The van der Waals surface area contributed by atoms with Gasteiger partial charge in [0.25, 0.3) is 0 Å². The molecule has 2 saturated carbocycles. The van der Waals surface area contributed by atoms with Crippen LogP contribution in [0.1, 0.15) is 44.9 Å². The number of hydrogen-bond acceptors (Lipinski definition) is 3. The summed E-state index contributed by atoms with van der Waals surface area (Å²) in [6.07, 6.45) is 17.0. The van der Waals surface area contributed by atoms with E-state index < -0.39 is 15.5 Å². The molecule has 5 nitrogen and oxygen atoms in total. The highest BCUT2D eigenvalue weighted by Gasteiger charge is 2.36. The molecule has 6 atom stereocenters. The lowest BCUT2D eigenvalue weighted by atomic mass is 9.95. The van der Waals surface area contributed by atoms with Gasteiger partial charge in [-0.2, -0.15) is 0 Å². The molecule has 4 bridgehead atoms. The lowest BCUT2D eigenvalue weighted by molar-refractivity contribution is 0.0879. The molecule has 0 radical (unpaired) electrons. The Hall–Kier alpha value is -2.52. The summed E-state index contributed by atoms with van der Waals surface area (Å²) in [5.41, 5.74) is 0. The zero-order valence-corrected chi connectivity index (χ0v) is 28.4. The molecular formula is C39H48O5P2. The Balaban J connectivity index is 0.000000179. The molecule has 2 N–H and O–H groups in total. The van der Waals surface area contributed by atoms with Crippen molar-refractivity contribution in [2.75, 3.05) is 26.0 Å². The van der Waals surface area contributed by atoms with Gasteiger partial charge in [-0.25, -0.2) is 0 Å². The van der Waals surface area contributed by atoms with E-state index in [-0.39, 0.29) is 6.16 Å². The minimum absolute atomic E-state index is 0.00414. The van der Waals surface area contributed by atoms with Crippen LogP contribution in [0.15, 0.2) is 109 Å². The fraction of sp³-hybridized carbons (Fsp3) is 0.436. The number of allylic oxidation sites excluding steroid dienone is 4. The Labute approximate surface area is 276 Å². The van der Waals surface area contributed by atoms with Crippen LogP contribution in [-0.4, -0.2) is 35.8 Å². The maximum atomic E-state index is 10.6. The summed E-state index contributed by atoms with van der Waals surface area (Å²) < 4.78 is 22.5. The molecule has 3 aromatic carbocycles. The van der Waals surface area contributed by atoms with Crippen LogP contribution in [-0.2, 0) is 9.30 Å². The van der Waals surface area contributed by atoms with E-state index in [2.05, 4.69) is 109 Å². The van der Waals surface area contributed by atoms with Gasteiger partial charge < -0.3 is 19.3 Å². The molecule has 244 valence electrons. The molecule has 2 fully saturated rings. The van der Waals surface area contributed by atoms with Crippen LogP contribution in [0, 0.1) is 35.5 Å². The minimum Gasteiger partial charge on any atom is -0.493 e. The third-order valence-electron chi connectivity index (χ3n) is 9.99. The van der Waals surface area contributed by atoms with E-state index in [0.29, 0.717) is 18.3 Å². The van der Waals surface area contributed by atoms with Crippen molar-refractivity contribution in [3.8, 4) is 5.75 Å². The van der Waals surface area contributed by atoms with Crippen molar-refractivity contribution in [1.82, 2.24) is 0 Å². The lowest BCUT2D eigenvalue weighted by Crippen LogP contribution is -2.20. The summed E-state index contributed by atoms with van der Waals surface area (Å²) in [4.78, 5) is 17.4. The van der Waals surface area contributed by atoms with Gasteiger partial charge in [-0.3, -0.25) is 4.57 Å². The maximum Gasteiger partial charge on any atom is 0.325 e. The zero-order valence-electron chi connectivity index (χ0n) is 26.6. The summed E-state index contributed by atoms with van der Waals surface area (Å²) in [6, 6.07) is 30.5. The number of hydrogen-bond donors (Lipinski definition) is 2. The van der Waals surface area contributed by atoms with Crippen molar-refractivity contribution in [2.24, 2.45) is 35.5 Å². The Morgan fingerprint density at radius 3 is 1.67 bits per heavy atom. The van der Waals surface area contributed by atoms with Crippen LogP contribution < -0.4 is 20.7 Å². The smallest absolute Gasteiger partial charge is 0.325 e. The summed E-state index contributed by atoms with van der Waals surface area (Å²) >= 11 is 0. The zero-order chi connectivity index (χ0) is 31.8. The lowest BCUT2D eigenvalue weighted by Gasteiger charge is -2.21. The minimum atomic E-state index is -3.79. The topological polar surface area (TPSA) is 76.0 Å². The molecule has 7 heteroatoms. The standard InChI is InChI=1S/C26H25OP.C13H23O4P/c1-3-7-24(8-4-1)28(25-9-5-2-6-10-25)26-15-13-23(14-16-26)27-19-22-18-20-11-12-21(22)17-20;14-18(15,16)7-3-1-2-6-17-10-13-9-11-4-5-12(13)8-11/h1-16,20-22H,17-19H2;4-5,11-13H,1-3,6-10H2,(H2,14,15,16). The first-order chi connectivity index (χ1) is 22.4. The molecule has 4 aliphatic rings. The molecule has 0 amide bonds. The average Bonchev–Trinajstić information content (AvgIpc) is 3.89. The second kappa shape index (κ2) is 16.1. The van der Waals surface area contributed by atoms with Gasteiger partial charge in [0.1, 0.15) is 5.75 Å². The highest BCUT2D eigenvalue weighted by Crippen LogP contribution is 2.44. The van der Waals surface area contributed by atoms with E-state index in [4.69, 9.17) is 19.3 Å². The fourth-order valence-electron chi connectivity index (χ4n) is 7.60. The van der Waals surface area contributed by atoms with Gasteiger partial charge in [0.2, 0.25) is 0 Å². The fourth-order valence-corrected chi connectivity index (χ4v) is 10.5. The monoisotopic (exact) mass is 658 g/mol. The Bertz CT molecular complexity index is 1430. The van der Waals surface area contributed by atoms with Crippen LogP contribution in [0.5, 0.6) is 5.75 Å². The van der Waals surface area contributed by atoms with Gasteiger partial charge in [-0.15, -0.1) is 0 Å². The molecule has 0 aromatic heterocycles. The third kappa shape index (κ3) is 9.30. The third-order valence-corrected chi connectivity index (χ3v) is 13.3. The predicted octanol–water partition coefficient (Wildman–Crippen LogP) is 7.60. The molecular weight excluding hydrogens is 610 g/mol. The quantitative estimate of drug-likeness (QED) is 0.106. The van der Waals surface area contributed by atoms with Crippen molar-refractivity contribution in [3.63, 3.8) is 0 Å². The van der Waals surface area contributed by atoms with Gasteiger partial charge >= 0.3 is 7.60 Å². The summed E-state index contributed by atoms with van der Waals surface area (Å²) in [5, 5.41) is 4.12. The van der Waals surface area contributed by atoms with Gasteiger partial charge in [-0.1, -0.05) is 104 Å². The summed E-state index contributed by atoms with van der Waals surface area (Å²) in [6.45, 7) is 2.42. The molecule has 6 unspecified atom stereocenters. The highest BCUT2D eigenvalue weighted by molar-refractivity contribution is 7.79. The highest BCUT2D eigenvalue weighted by atomic mass is 31.2. The van der Waals surface area contributed by atoms with Gasteiger partial charge in [0, 0.05) is 19.4 Å². The Morgan fingerprint density at radius 2 is 1.17 bits per heavy atom. The SMILES string of the molecule is C1=CC2CC1CC2COc1ccc(P(c2ccccc2)c2ccccc2)cc1.O=P(O)(O)CCCCCOCC1CC2C=CC1C2. The Kier molecular flexibility index (Phi) is 11.6. The van der Waals surface area contributed by atoms with Crippen molar-refractivity contribution < 1.29 is 23.8 Å². The van der Waals surface area contributed by atoms with Crippen molar-refractivity contribution in [2.45, 2.75) is 44.9 Å². The number of unbranched alkanes of at least 4 members (excludes halogenated alkanes) is 2.